The Balaban J connectivity index is 1.79. The maximum absolute atomic E-state index is 15.5. The number of pyridine rings is 1. The topological polar surface area (TPSA) is 246 Å². The van der Waals surface area contributed by atoms with Crippen molar-refractivity contribution in [2.45, 2.75) is 24.1 Å². The molecule has 0 saturated carbocycles. The highest BCUT2D eigenvalue weighted by atomic mass is 31.3. The highest BCUT2D eigenvalue weighted by Gasteiger charge is 2.58. The minimum Gasteiger partial charge on any atom is -0.397 e. The van der Waals surface area contributed by atoms with Crippen LogP contribution in [0.15, 0.2) is 18.6 Å². The summed E-state index contributed by atoms with van der Waals surface area (Å²) in [5, 5.41) is 10.3. The molecule has 6 atom stereocenters. The molecule has 3 heterocycles. The van der Waals surface area contributed by atoms with Crippen molar-refractivity contribution >= 4 is 40.3 Å². The fourth-order valence-corrected chi connectivity index (χ4v) is 5.94. The number of imidazole rings is 1. The molecular formula is C13H16FN4O12P3. The second-order valence-corrected chi connectivity index (χ2v) is 10.9. The molecule has 33 heavy (non-hydrogen) atoms. The minimum atomic E-state index is -5.77. The molecule has 20 heteroatoms. The predicted molar refractivity (Wildman–Crippen MR) is 104 cm³/mol. The number of hydrogen-bond donors (Lipinski definition) is 6. The molecule has 0 spiro atoms. The standard InChI is InChI=1S/C13H16FN4O12P3/c1-2-13(14)10(19)8(5-27-32(23,24)30-33(25,26)29-31(20,21)22)28-12(13)18-6-17-9-7(15)3-4-16-11(9)18/h1,3-4,6,8,10,12,19H,5H2,(H2,15,16)(H,23,24)(H,25,26)(H2,20,21,22)/t8-,10-,12-,13-/m1/s1. The molecule has 3 rings (SSSR count). The number of fused-ring (bicyclic) bond motifs is 1. The van der Waals surface area contributed by atoms with Gasteiger partial charge in [0.15, 0.2) is 11.9 Å². The number of phosphoric ester groups is 1. The molecule has 1 saturated heterocycles. The highest BCUT2D eigenvalue weighted by molar-refractivity contribution is 7.66. The van der Waals surface area contributed by atoms with Gasteiger partial charge in [0.05, 0.1) is 18.6 Å². The molecule has 0 aromatic carbocycles. The molecule has 7 N–H and O–H groups in total. The number of rotatable bonds is 8. The lowest BCUT2D eigenvalue weighted by Crippen LogP contribution is -2.42. The van der Waals surface area contributed by atoms with Crippen molar-refractivity contribution in [3.05, 3.63) is 18.6 Å². The van der Waals surface area contributed by atoms with Gasteiger partial charge in [-0.1, -0.05) is 5.92 Å². The van der Waals surface area contributed by atoms with Gasteiger partial charge in [-0.3, -0.25) is 9.09 Å². The normalized spacial score (nSPS) is 29.4. The smallest absolute Gasteiger partial charge is 0.397 e. The van der Waals surface area contributed by atoms with E-state index < -0.39 is 54.2 Å². The molecule has 182 valence electrons. The number of nitrogens with two attached hydrogens (primary N) is 1. The van der Waals surface area contributed by atoms with Gasteiger partial charge in [0.25, 0.3) is 0 Å². The zero-order valence-corrected chi connectivity index (χ0v) is 18.7. The number of aliphatic hydroxyl groups excluding tert-OH is 1. The summed E-state index contributed by atoms with van der Waals surface area (Å²) in [7, 11) is -16.9. The summed E-state index contributed by atoms with van der Waals surface area (Å²) < 4.78 is 67.3. The van der Waals surface area contributed by atoms with Crippen LogP contribution in [0.2, 0.25) is 0 Å². The molecule has 2 aromatic rings. The Hall–Kier alpha value is -1.76. The van der Waals surface area contributed by atoms with Gasteiger partial charge < -0.3 is 35.2 Å². The molecule has 1 fully saturated rings. The van der Waals surface area contributed by atoms with Gasteiger partial charge in [-0.25, -0.2) is 28.1 Å². The Morgan fingerprint density at radius 2 is 1.91 bits per heavy atom. The number of phosphoric acid groups is 3. The van der Waals surface area contributed by atoms with E-state index in [9.17, 15) is 23.7 Å². The van der Waals surface area contributed by atoms with E-state index in [1.807, 2.05) is 0 Å². The van der Waals surface area contributed by atoms with Crippen LogP contribution >= 0.6 is 23.5 Å². The number of alkyl halides is 1. The van der Waals surface area contributed by atoms with Crippen molar-refractivity contribution in [3.8, 4) is 12.3 Å². The number of halogens is 1. The first-order valence-corrected chi connectivity index (χ1v) is 13.0. The van der Waals surface area contributed by atoms with E-state index in [1.54, 1.807) is 5.92 Å². The lowest BCUT2D eigenvalue weighted by molar-refractivity contribution is -0.0496. The lowest BCUT2D eigenvalue weighted by Gasteiger charge is -2.23. The first-order chi connectivity index (χ1) is 15.1. The Bertz CT molecular complexity index is 1240. The fourth-order valence-electron chi connectivity index (χ4n) is 2.91. The molecule has 16 nitrogen and oxygen atoms in total. The zero-order chi connectivity index (χ0) is 24.8. The van der Waals surface area contributed by atoms with Crippen molar-refractivity contribution in [1.82, 2.24) is 14.5 Å². The Kier molecular flexibility index (Phi) is 6.89. The van der Waals surface area contributed by atoms with E-state index in [1.165, 1.54) is 12.3 Å². The molecule has 0 bridgehead atoms. The number of terminal acetylenes is 1. The maximum Gasteiger partial charge on any atom is 0.490 e. The Labute approximate surface area is 183 Å². The van der Waals surface area contributed by atoms with E-state index in [0.717, 1.165) is 10.9 Å². The van der Waals surface area contributed by atoms with Crippen LogP contribution in [0.5, 0.6) is 0 Å². The van der Waals surface area contributed by atoms with Crippen molar-refractivity contribution in [2.75, 3.05) is 12.3 Å². The fraction of sp³-hybridized carbons (Fsp3) is 0.385. The van der Waals surface area contributed by atoms with E-state index in [2.05, 4.69) is 23.1 Å². The van der Waals surface area contributed by atoms with Crippen molar-refractivity contribution in [1.29, 1.82) is 0 Å². The summed E-state index contributed by atoms with van der Waals surface area (Å²) in [6.45, 7) is -1.13. The quantitative estimate of drug-likeness (QED) is 0.193. The van der Waals surface area contributed by atoms with Crippen molar-refractivity contribution in [2.24, 2.45) is 0 Å². The Morgan fingerprint density at radius 3 is 2.52 bits per heavy atom. The number of aliphatic hydroxyl groups is 1. The first-order valence-electron chi connectivity index (χ1n) is 8.44. The lowest BCUT2D eigenvalue weighted by atomic mass is 9.97. The van der Waals surface area contributed by atoms with Gasteiger partial charge in [0, 0.05) is 6.20 Å². The summed E-state index contributed by atoms with van der Waals surface area (Å²) in [6, 6.07) is 1.43. The molecule has 2 aromatic heterocycles. The highest BCUT2D eigenvalue weighted by Crippen LogP contribution is 2.66. The van der Waals surface area contributed by atoms with E-state index >= 15 is 4.39 Å². The van der Waals surface area contributed by atoms with Crippen LogP contribution in [0.25, 0.3) is 11.2 Å². The zero-order valence-electron chi connectivity index (χ0n) is 16.0. The summed E-state index contributed by atoms with van der Waals surface area (Å²) in [5.74, 6) is 1.74. The van der Waals surface area contributed by atoms with Crippen LogP contribution in [0.4, 0.5) is 10.1 Å². The van der Waals surface area contributed by atoms with Crippen LogP contribution in [-0.2, 0) is 31.6 Å². The van der Waals surface area contributed by atoms with Crippen molar-refractivity contribution in [3.63, 3.8) is 0 Å². The maximum atomic E-state index is 15.5. The largest absolute Gasteiger partial charge is 0.490 e. The SMILES string of the molecule is C#C[C@@]1(F)[C@H](O)[C@@H](COP(=O)(O)OP(=O)(O)OP(=O)(O)O)O[C@H]1n1cnc2c(N)ccnc21. The molecular weight excluding hydrogens is 516 g/mol. The van der Waals surface area contributed by atoms with Gasteiger partial charge in [0.1, 0.15) is 17.7 Å². The number of nitrogens with zero attached hydrogens (tertiary/aromatic N) is 3. The third-order valence-electron chi connectivity index (χ3n) is 4.23. The molecule has 1 aliphatic heterocycles. The van der Waals surface area contributed by atoms with Crippen LogP contribution in [-0.4, -0.2) is 63.7 Å². The number of ether oxygens (including phenoxy) is 1. The summed E-state index contributed by atoms with van der Waals surface area (Å²) in [5.41, 5.74) is 3.26. The molecule has 0 aliphatic carbocycles. The van der Waals surface area contributed by atoms with Crippen LogP contribution in [0, 0.1) is 12.3 Å². The number of aromatic nitrogens is 3. The molecule has 0 amide bonds. The number of nitrogen functional groups attached to an aromatic ring is 1. The van der Waals surface area contributed by atoms with Crippen molar-refractivity contribution < 1.29 is 60.6 Å². The van der Waals surface area contributed by atoms with Gasteiger partial charge >= 0.3 is 23.5 Å². The third-order valence-corrected chi connectivity index (χ3v) is 8.03. The van der Waals surface area contributed by atoms with E-state index in [-0.39, 0.29) is 16.9 Å². The summed E-state index contributed by atoms with van der Waals surface area (Å²) >= 11 is 0. The summed E-state index contributed by atoms with van der Waals surface area (Å²) in [6.07, 6.45) is 1.97. The van der Waals surface area contributed by atoms with Gasteiger partial charge in [-0.2, -0.15) is 8.62 Å². The van der Waals surface area contributed by atoms with Gasteiger partial charge in [0.2, 0.25) is 5.67 Å². The Morgan fingerprint density at radius 1 is 1.24 bits per heavy atom. The van der Waals surface area contributed by atoms with Crippen LogP contribution in [0.3, 0.4) is 0 Å². The van der Waals surface area contributed by atoms with Crippen LogP contribution in [0.1, 0.15) is 6.23 Å². The average Bonchev–Trinajstić information content (AvgIpc) is 3.18. The predicted octanol–water partition coefficient (Wildman–Crippen LogP) is -0.0434. The molecule has 1 aliphatic rings. The van der Waals surface area contributed by atoms with Gasteiger partial charge in [-0.05, 0) is 6.07 Å². The second-order valence-electron chi connectivity index (χ2n) is 6.50. The molecule has 2 unspecified atom stereocenters. The van der Waals surface area contributed by atoms with E-state index in [0.29, 0.717) is 0 Å². The average molecular weight is 532 g/mol. The first kappa shape index (κ1) is 25.9. The van der Waals surface area contributed by atoms with E-state index in [4.69, 9.17) is 31.6 Å². The summed E-state index contributed by atoms with van der Waals surface area (Å²) in [4.78, 5) is 43.7. The monoisotopic (exact) mass is 532 g/mol. The number of hydrogen-bond acceptors (Lipinski definition) is 11. The third kappa shape index (κ3) is 5.50. The van der Waals surface area contributed by atoms with Crippen LogP contribution < -0.4 is 5.73 Å². The number of anilines is 1. The minimum absolute atomic E-state index is 0.0398. The second kappa shape index (κ2) is 8.79. The molecule has 0 radical (unpaired) electrons. The van der Waals surface area contributed by atoms with Gasteiger partial charge in [-0.15, -0.1) is 6.42 Å².